The first-order valence-electron chi connectivity index (χ1n) is 8.71. The minimum Gasteiger partial charge on any atom is -0.408 e. The molecule has 0 saturated carbocycles. The molecule has 8 nitrogen and oxygen atoms in total. The average molecular weight is 403 g/mol. The highest BCUT2D eigenvalue weighted by Crippen LogP contribution is 2.18. The fourth-order valence-corrected chi connectivity index (χ4v) is 3.85. The predicted molar refractivity (Wildman–Crippen MR) is 104 cm³/mol. The van der Waals surface area contributed by atoms with Crippen molar-refractivity contribution >= 4 is 27.0 Å². The number of benzene rings is 2. The van der Waals surface area contributed by atoms with Crippen molar-refractivity contribution in [1.29, 1.82) is 0 Å². The van der Waals surface area contributed by atoms with Gasteiger partial charge in [-0.2, -0.15) is 0 Å². The fraction of sp³-hybridized carbons (Fsp3) is 0.263. The van der Waals surface area contributed by atoms with Gasteiger partial charge in [-0.25, -0.2) is 17.9 Å². The summed E-state index contributed by atoms with van der Waals surface area (Å²) in [6, 6.07) is 13.5. The van der Waals surface area contributed by atoms with Crippen LogP contribution in [0.25, 0.3) is 11.1 Å². The molecule has 0 aliphatic carbocycles. The van der Waals surface area contributed by atoms with Crippen LogP contribution in [0.5, 0.6) is 0 Å². The van der Waals surface area contributed by atoms with Crippen LogP contribution >= 0.6 is 0 Å². The Morgan fingerprint density at radius 2 is 1.89 bits per heavy atom. The summed E-state index contributed by atoms with van der Waals surface area (Å²) in [5.74, 6) is -0.828. The van der Waals surface area contributed by atoms with Gasteiger partial charge in [0.1, 0.15) is 0 Å². The van der Waals surface area contributed by atoms with E-state index in [0.29, 0.717) is 5.52 Å². The Kier molecular flexibility index (Phi) is 5.66. The average Bonchev–Trinajstić information content (AvgIpc) is 2.95. The molecule has 0 fully saturated rings. The molecule has 28 heavy (non-hydrogen) atoms. The van der Waals surface area contributed by atoms with Gasteiger partial charge in [0, 0.05) is 26.1 Å². The second-order valence-electron chi connectivity index (χ2n) is 6.40. The van der Waals surface area contributed by atoms with Crippen LogP contribution in [0, 0.1) is 0 Å². The zero-order valence-corrected chi connectivity index (χ0v) is 16.3. The molecule has 3 rings (SSSR count). The number of carbonyl (C=O) groups is 1. The van der Waals surface area contributed by atoms with E-state index in [4.69, 9.17) is 4.42 Å². The molecule has 2 N–H and O–H groups in total. The molecule has 0 bridgehead atoms. The number of aromatic nitrogens is 1. The van der Waals surface area contributed by atoms with Crippen molar-refractivity contribution in [3.8, 4) is 0 Å². The third-order valence-electron chi connectivity index (χ3n) is 4.40. The van der Waals surface area contributed by atoms with Crippen LogP contribution in [-0.2, 0) is 21.9 Å². The van der Waals surface area contributed by atoms with Gasteiger partial charge in [0.15, 0.2) is 5.58 Å². The largest absolute Gasteiger partial charge is 0.419 e. The summed E-state index contributed by atoms with van der Waals surface area (Å²) in [5, 5.41) is 2.83. The highest BCUT2D eigenvalue weighted by molar-refractivity contribution is 7.89. The van der Waals surface area contributed by atoms with E-state index in [-0.39, 0.29) is 35.4 Å². The molecular formula is C19H21N3O5S. The first-order valence-corrected chi connectivity index (χ1v) is 10.2. The van der Waals surface area contributed by atoms with Gasteiger partial charge in [-0.05, 0) is 24.6 Å². The zero-order valence-electron chi connectivity index (χ0n) is 15.5. The van der Waals surface area contributed by atoms with Gasteiger partial charge in [-0.15, -0.1) is 0 Å². The Balaban J connectivity index is 1.59. The number of sulfonamides is 1. The maximum Gasteiger partial charge on any atom is 0.419 e. The molecule has 9 heteroatoms. The second-order valence-corrected chi connectivity index (χ2v) is 8.17. The standard InChI is InChI=1S/C19H21N3O5S/c1-13(14-6-4-3-5-7-14)21-18(23)10-11-20-28(25,26)15-8-9-16-17(12-15)27-19(24)22(16)2/h3-9,12-13,20H,10-11H2,1-2H3,(H,21,23)/t13-/m0/s1. The van der Waals surface area contributed by atoms with Crippen molar-refractivity contribution in [3.05, 3.63) is 64.6 Å². The smallest absolute Gasteiger partial charge is 0.408 e. The maximum atomic E-state index is 12.4. The van der Waals surface area contributed by atoms with E-state index in [1.54, 1.807) is 0 Å². The van der Waals surface area contributed by atoms with Crippen LogP contribution < -0.4 is 15.8 Å². The number of oxazole rings is 1. The molecule has 148 valence electrons. The second kappa shape index (κ2) is 7.99. The van der Waals surface area contributed by atoms with Gasteiger partial charge >= 0.3 is 5.76 Å². The lowest BCUT2D eigenvalue weighted by atomic mass is 10.1. The highest BCUT2D eigenvalue weighted by Gasteiger charge is 2.17. The summed E-state index contributed by atoms with van der Waals surface area (Å²) < 4.78 is 33.5. The number of nitrogens with zero attached hydrogens (tertiary/aromatic N) is 1. The molecule has 0 radical (unpaired) electrons. The van der Waals surface area contributed by atoms with Crippen molar-refractivity contribution in [2.75, 3.05) is 6.54 Å². The highest BCUT2D eigenvalue weighted by atomic mass is 32.2. The zero-order chi connectivity index (χ0) is 20.3. The predicted octanol–water partition coefficient (Wildman–Crippen LogP) is 1.68. The van der Waals surface area contributed by atoms with E-state index in [1.165, 1.54) is 29.8 Å². The van der Waals surface area contributed by atoms with Crippen molar-refractivity contribution in [2.24, 2.45) is 7.05 Å². The lowest BCUT2D eigenvalue weighted by molar-refractivity contribution is -0.121. The van der Waals surface area contributed by atoms with Gasteiger partial charge in [0.2, 0.25) is 15.9 Å². The van der Waals surface area contributed by atoms with E-state index in [9.17, 15) is 18.0 Å². The molecule has 0 saturated heterocycles. The number of hydrogen-bond acceptors (Lipinski definition) is 5. The topological polar surface area (TPSA) is 110 Å². The molecular weight excluding hydrogens is 382 g/mol. The molecule has 0 spiro atoms. The minimum atomic E-state index is -3.83. The number of nitrogens with one attached hydrogen (secondary N) is 2. The molecule has 3 aromatic rings. The summed E-state index contributed by atoms with van der Waals surface area (Å²) in [5.41, 5.74) is 1.65. The van der Waals surface area contributed by atoms with Gasteiger partial charge in [0.05, 0.1) is 16.5 Å². The molecule has 1 amide bonds. The van der Waals surface area contributed by atoms with Crippen LogP contribution in [-0.4, -0.2) is 25.4 Å². The minimum absolute atomic E-state index is 0.000925. The molecule has 0 aliphatic rings. The van der Waals surface area contributed by atoms with E-state index in [1.807, 2.05) is 37.3 Å². The van der Waals surface area contributed by atoms with Gasteiger partial charge in [0.25, 0.3) is 0 Å². The fourth-order valence-electron chi connectivity index (χ4n) is 2.80. The van der Waals surface area contributed by atoms with Crippen LogP contribution in [0.4, 0.5) is 0 Å². The molecule has 1 atom stereocenters. The number of carbonyl (C=O) groups excluding carboxylic acids is 1. The lowest BCUT2D eigenvalue weighted by Gasteiger charge is -2.14. The maximum absolute atomic E-state index is 12.4. The first-order chi connectivity index (χ1) is 13.3. The van der Waals surface area contributed by atoms with Gasteiger partial charge < -0.3 is 9.73 Å². The summed E-state index contributed by atoms with van der Waals surface area (Å²) in [7, 11) is -2.30. The van der Waals surface area contributed by atoms with E-state index in [0.717, 1.165) is 5.56 Å². The lowest BCUT2D eigenvalue weighted by Crippen LogP contribution is -2.32. The van der Waals surface area contributed by atoms with Crippen LogP contribution in [0.3, 0.4) is 0 Å². The summed E-state index contributed by atoms with van der Waals surface area (Å²) in [4.78, 5) is 23.6. The Labute approximate surface area is 162 Å². The van der Waals surface area contributed by atoms with Gasteiger partial charge in [-0.3, -0.25) is 9.36 Å². The Bertz CT molecular complexity index is 1150. The molecule has 0 aliphatic heterocycles. The number of fused-ring (bicyclic) bond motifs is 1. The normalized spacial score (nSPS) is 12.8. The van der Waals surface area contributed by atoms with Crippen molar-refractivity contribution < 1.29 is 17.6 Å². The van der Waals surface area contributed by atoms with Crippen molar-refractivity contribution in [1.82, 2.24) is 14.6 Å². The van der Waals surface area contributed by atoms with Crippen LogP contribution in [0.15, 0.2) is 62.6 Å². The Hall–Kier alpha value is -2.91. The SMILES string of the molecule is C[C@H](NC(=O)CCNS(=O)(=O)c1ccc2c(c1)oc(=O)n2C)c1ccccc1. The summed E-state index contributed by atoms with van der Waals surface area (Å²) in [6.07, 6.45) is -0.000925. The van der Waals surface area contributed by atoms with Crippen LogP contribution in [0.1, 0.15) is 24.9 Å². The Morgan fingerprint density at radius 1 is 1.18 bits per heavy atom. The molecule has 2 aromatic carbocycles. The number of hydrogen-bond donors (Lipinski definition) is 2. The summed E-state index contributed by atoms with van der Waals surface area (Å²) >= 11 is 0. The third kappa shape index (κ3) is 4.32. The molecule has 0 unspecified atom stereocenters. The van der Waals surface area contributed by atoms with Crippen molar-refractivity contribution in [3.63, 3.8) is 0 Å². The van der Waals surface area contributed by atoms with Crippen LogP contribution in [0.2, 0.25) is 0 Å². The van der Waals surface area contributed by atoms with E-state index < -0.39 is 15.8 Å². The monoisotopic (exact) mass is 403 g/mol. The number of aryl methyl sites for hydroxylation is 1. The Morgan fingerprint density at radius 3 is 2.61 bits per heavy atom. The van der Waals surface area contributed by atoms with E-state index >= 15 is 0 Å². The molecule has 1 heterocycles. The number of amides is 1. The third-order valence-corrected chi connectivity index (χ3v) is 5.85. The van der Waals surface area contributed by atoms with E-state index in [2.05, 4.69) is 10.0 Å². The van der Waals surface area contributed by atoms with Gasteiger partial charge in [-0.1, -0.05) is 30.3 Å². The molecule has 1 aromatic heterocycles. The first kappa shape index (κ1) is 19.8. The quantitative estimate of drug-likeness (QED) is 0.624. The summed E-state index contributed by atoms with van der Waals surface area (Å²) in [6.45, 7) is 1.81. The van der Waals surface area contributed by atoms with Crippen molar-refractivity contribution in [2.45, 2.75) is 24.3 Å². The number of rotatable bonds is 7.